The van der Waals surface area contributed by atoms with Crippen LogP contribution in [0, 0.1) is 0 Å². The number of hydrogen-bond acceptors (Lipinski definition) is 1. The minimum Gasteiger partial charge on any atom is -0.354 e. The molecule has 3 nitrogen and oxygen atoms in total. The Morgan fingerprint density at radius 2 is 1.59 bits per heavy atom. The van der Waals surface area contributed by atoms with Gasteiger partial charge in [-0.1, -0.05) is 72.8 Å². The van der Waals surface area contributed by atoms with Gasteiger partial charge >= 0.3 is 0 Å². The van der Waals surface area contributed by atoms with Crippen molar-refractivity contribution in [3.8, 4) is 11.1 Å². The maximum atomic E-state index is 12.9. The van der Waals surface area contributed by atoms with Crippen molar-refractivity contribution in [3.63, 3.8) is 0 Å². The smallest absolute Gasteiger partial charge is 0.252 e. The van der Waals surface area contributed by atoms with Crippen molar-refractivity contribution in [1.82, 2.24) is 10.3 Å². The Kier molecular flexibility index (Phi) is 3.54. The minimum atomic E-state index is 0.0335. The normalized spacial score (nSPS) is 14.2. The van der Waals surface area contributed by atoms with E-state index in [0.29, 0.717) is 6.54 Å². The molecular formula is C29H20N2O. The average Bonchev–Trinajstić information content (AvgIpc) is 3.51. The number of carbonyl (C=O) groups is 1. The van der Waals surface area contributed by atoms with Crippen molar-refractivity contribution in [2.75, 3.05) is 0 Å². The predicted molar refractivity (Wildman–Crippen MR) is 131 cm³/mol. The molecule has 0 saturated heterocycles. The van der Waals surface area contributed by atoms with E-state index >= 15 is 0 Å². The number of hydrogen-bond donors (Lipinski definition) is 2. The van der Waals surface area contributed by atoms with E-state index in [1.807, 2.05) is 18.2 Å². The summed E-state index contributed by atoms with van der Waals surface area (Å²) in [5.74, 6) is 0.0335. The molecule has 1 aliphatic heterocycles. The molecule has 5 aromatic rings. The van der Waals surface area contributed by atoms with E-state index in [4.69, 9.17) is 0 Å². The number of aromatic nitrogens is 1. The van der Waals surface area contributed by atoms with Crippen molar-refractivity contribution in [3.05, 3.63) is 106 Å². The van der Waals surface area contributed by atoms with Gasteiger partial charge in [0.15, 0.2) is 0 Å². The van der Waals surface area contributed by atoms with Crippen LogP contribution in [0.5, 0.6) is 0 Å². The average molecular weight is 412 g/mol. The first kappa shape index (κ1) is 17.6. The third-order valence-corrected chi connectivity index (χ3v) is 6.85. The maximum absolute atomic E-state index is 12.9. The van der Waals surface area contributed by atoms with Crippen molar-refractivity contribution in [1.29, 1.82) is 0 Å². The molecule has 2 N–H and O–H groups in total. The van der Waals surface area contributed by atoms with Gasteiger partial charge < -0.3 is 10.3 Å². The molecule has 152 valence electrons. The van der Waals surface area contributed by atoms with Crippen LogP contribution in [0.2, 0.25) is 0 Å². The molecule has 2 heterocycles. The Bertz CT molecular complexity index is 1610. The molecule has 0 unspecified atom stereocenters. The maximum Gasteiger partial charge on any atom is 0.252 e. The Morgan fingerprint density at radius 1 is 0.781 bits per heavy atom. The van der Waals surface area contributed by atoms with Crippen molar-refractivity contribution in [2.24, 2.45) is 0 Å². The molecule has 1 aliphatic carbocycles. The lowest BCUT2D eigenvalue weighted by Crippen LogP contribution is -2.12. The second kappa shape index (κ2) is 6.44. The summed E-state index contributed by atoms with van der Waals surface area (Å²) in [6.07, 6.45) is 5.20. The van der Waals surface area contributed by atoms with E-state index in [1.54, 1.807) is 0 Å². The highest BCUT2D eigenvalue weighted by molar-refractivity contribution is 6.22. The fourth-order valence-corrected chi connectivity index (χ4v) is 5.43. The largest absolute Gasteiger partial charge is 0.354 e. The van der Waals surface area contributed by atoms with Gasteiger partial charge in [-0.15, -0.1) is 0 Å². The van der Waals surface area contributed by atoms with Crippen molar-refractivity contribution in [2.45, 2.75) is 13.0 Å². The number of benzene rings is 4. The Hall–Kier alpha value is -4.11. The molecule has 0 saturated carbocycles. The highest BCUT2D eigenvalue weighted by Gasteiger charge is 2.33. The van der Waals surface area contributed by atoms with Crippen LogP contribution in [-0.2, 0) is 13.0 Å². The van der Waals surface area contributed by atoms with Crippen LogP contribution in [0.25, 0.3) is 45.1 Å². The van der Waals surface area contributed by atoms with Crippen LogP contribution in [0.15, 0.2) is 72.8 Å². The number of H-pyrrole nitrogens is 1. The molecule has 0 bridgehead atoms. The van der Waals surface area contributed by atoms with E-state index < -0.39 is 0 Å². The lowest BCUT2D eigenvalue weighted by molar-refractivity contribution is 0.0967. The summed E-state index contributed by atoms with van der Waals surface area (Å²) < 4.78 is 0. The molecule has 0 spiro atoms. The minimum absolute atomic E-state index is 0.0335. The molecule has 0 radical (unpaired) electrons. The van der Waals surface area contributed by atoms with Crippen molar-refractivity contribution >= 4 is 39.9 Å². The van der Waals surface area contributed by atoms with Crippen LogP contribution in [0.1, 0.15) is 38.2 Å². The Morgan fingerprint density at radius 3 is 2.50 bits per heavy atom. The molecule has 32 heavy (non-hydrogen) atoms. The second-order valence-corrected chi connectivity index (χ2v) is 8.65. The van der Waals surface area contributed by atoms with E-state index in [-0.39, 0.29) is 5.91 Å². The number of rotatable bonds is 2. The van der Waals surface area contributed by atoms with Crippen LogP contribution in [0.4, 0.5) is 0 Å². The summed E-state index contributed by atoms with van der Waals surface area (Å²) in [4.78, 5) is 16.6. The fourth-order valence-electron chi connectivity index (χ4n) is 5.43. The van der Waals surface area contributed by atoms with Crippen LogP contribution < -0.4 is 5.32 Å². The van der Waals surface area contributed by atoms with Gasteiger partial charge in [0.2, 0.25) is 0 Å². The molecule has 7 rings (SSSR count). The number of nitrogens with one attached hydrogen (secondary N) is 2. The zero-order chi connectivity index (χ0) is 21.2. The Labute approximate surface area is 185 Å². The molecule has 3 heteroatoms. The van der Waals surface area contributed by atoms with Crippen molar-refractivity contribution < 1.29 is 4.79 Å². The zero-order valence-corrected chi connectivity index (χ0v) is 17.4. The second-order valence-electron chi connectivity index (χ2n) is 8.65. The van der Waals surface area contributed by atoms with Gasteiger partial charge in [-0.25, -0.2) is 0 Å². The lowest BCUT2D eigenvalue weighted by Gasteiger charge is -2.10. The molecule has 0 fully saturated rings. The summed E-state index contributed by atoms with van der Waals surface area (Å²) in [5.41, 5.74) is 11.7. The highest BCUT2D eigenvalue weighted by Crippen LogP contribution is 2.47. The standard InChI is InChI=1S/C29H20N2O/c32-29-27-23(16-30-29)25-21-14-18(11-10-17-6-2-1-3-7-17)12-13-19(21)15-22(25)28-26(27)20-8-4-5-9-24(20)31-28/h1-14,31H,15-16H2,(H,30,32). The van der Waals surface area contributed by atoms with Gasteiger partial charge in [-0.2, -0.15) is 0 Å². The van der Waals surface area contributed by atoms with Crippen LogP contribution in [-0.4, -0.2) is 10.9 Å². The monoisotopic (exact) mass is 412 g/mol. The van der Waals surface area contributed by atoms with Gasteiger partial charge in [-0.05, 0) is 51.1 Å². The van der Waals surface area contributed by atoms with Gasteiger partial charge in [0.25, 0.3) is 5.91 Å². The number of carbonyl (C=O) groups excluding carboxylic acids is 1. The quantitative estimate of drug-likeness (QED) is 0.322. The zero-order valence-electron chi connectivity index (χ0n) is 17.4. The summed E-state index contributed by atoms with van der Waals surface area (Å²) in [7, 11) is 0. The van der Waals surface area contributed by atoms with E-state index in [2.05, 4.69) is 77.1 Å². The van der Waals surface area contributed by atoms with Gasteiger partial charge in [-0.3, -0.25) is 4.79 Å². The third-order valence-electron chi connectivity index (χ3n) is 6.85. The topological polar surface area (TPSA) is 44.9 Å². The summed E-state index contributed by atoms with van der Waals surface area (Å²) in [6, 6.07) is 25.3. The molecular weight excluding hydrogens is 392 g/mol. The molecule has 2 aliphatic rings. The SMILES string of the molecule is O=C1NCc2c3c(c4[nH]c5ccccc5c4c21)Cc1ccc(C=Cc2ccccc2)cc1-3. The summed E-state index contributed by atoms with van der Waals surface area (Å²) in [6.45, 7) is 0.593. The fraction of sp³-hybridized carbons (Fsp3) is 0.0690. The molecule has 1 aromatic heterocycles. The van der Waals surface area contributed by atoms with E-state index in [0.717, 1.165) is 39.4 Å². The summed E-state index contributed by atoms with van der Waals surface area (Å²) in [5, 5.41) is 5.28. The molecule has 0 atom stereocenters. The van der Waals surface area contributed by atoms with Gasteiger partial charge in [0.1, 0.15) is 0 Å². The molecule has 1 amide bonds. The van der Waals surface area contributed by atoms with Gasteiger partial charge in [0, 0.05) is 29.3 Å². The van der Waals surface area contributed by atoms with Crippen LogP contribution in [0.3, 0.4) is 0 Å². The third kappa shape index (κ3) is 2.39. The predicted octanol–water partition coefficient (Wildman–Crippen LogP) is 6.31. The number of aromatic amines is 1. The first-order valence-electron chi connectivity index (χ1n) is 11.0. The number of amides is 1. The number of para-hydroxylation sites is 1. The molecule has 4 aromatic carbocycles. The first-order valence-corrected chi connectivity index (χ1v) is 11.0. The lowest BCUT2D eigenvalue weighted by atomic mass is 9.91. The van der Waals surface area contributed by atoms with E-state index in [9.17, 15) is 4.79 Å². The van der Waals surface area contributed by atoms with Crippen LogP contribution >= 0.6 is 0 Å². The number of fused-ring (bicyclic) bond motifs is 10. The Balaban J connectivity index is 1.46. The van der Waals surface area contributed by atoms with E-state index in [1.165, 1.54) is 33.4 Å². The summed E-state index contributed by atoms with van der Waals surface area (Å²) >= 11 is 0. The van der Waals surface area contributed by atoms with Gasteiger partial charge in [0.05, 0.1) is 11.1 Å². The first-order chi connectivity index (χ1) is 15.8. The highest BCUT2D eigenvalue weighted by atomic mass is 16.1.